The molecule has 0 bridgehead atoms. The number of halogens is 2. The van der Waals surface area contributed by atoms with Crippen molar-refractivity contribution in [3.05, 3.63) is 52.8 Å². The summed E-state index contributed by atoms with van der Waals surface area (Å²) in [5.74, 6) is -0.812. The number of hydrogen-bond donors (Lipinski definition) is 1. The van der Waals surface area contributed by atoms with Crippen LogP contribution in [-0.2, 0) is 14.8 Å². The normalized spacial score (nSPS) is 11.1. The Morgan fingerprint density at radius 1 is 1.27 bits per heavy atom. The number of carbonyl (C=O) groups excluding carboxylic acids is 1. The van der Waals surface area contributed by atoms with Crippen LogP contribution in [0.1, 0.15) is 6.92 Å². The van der Waals surface area contributed by atoms with Crippen LogP contribution in [0.25, 0.3) is 0 Å². The molecule has 2 rings (SSSR count). The van der Waals surface area contributed by atoms with Crippen LogP contribution in [0.15, 0.2) is 46.9 Å². The minimum atomic E-state index is -3.74. The van der Waals surface area contributed by atoms with Gasteiger partial charge >= 0.3 is 0 Å². The highest BCUT2D eigenvalue weighted by atomic mass is 79.9. The van der Waals surface area contributed by atoms with E-state index in [1.165, 1.54) is 18.2 Å². The zero-order valence-electron chi connectivity index (χ0n) is 14.2. The molecule has 0 heterocycles. The summed E-state index contributed by atoms with van der Waals surface area (Å²) in [5.41, 5.74) is 0.250. The van der Waals surface area contributed by atoms with Gasteiger partial charge in [0.2, 0.25) is 15.9 Å². The van der Waals surface area contributed by atoms with Crippen LogP contribution in [-0.4, -0.2) is 33.7 Å². The van der Waals surface area contributed by atoms with Gasteiger partial charge in [0.05, 0.1) is 24.2 Å². The average Bonchev–Trinajstić information content (AvgIpc) is 2.55. The van der Waals surface area contributed by atoms with Crippen molar-refractivity contribution in [1.82, 2.24) is 0 Å². The van der Waals surface area contributed by atoms with Crippen LogP contribution >= 0.6 is 15.9 Å². The number of rotatable bonds is 7. The lowest BCUT2D eigenvalue weighted by molar-refractivity contribution is -0.114. The lowest BCUT2D eigenvalue weighted by Crippen LogP contribution is -2.37. The second-order valence-corrected chi connectivity index (χ2v) is 8.19. The number of sulfonamides is 1. The van der Waals surface area contributed by atoms with Gasteiger partial charge in [-0.2, -0.15) is 0 Å². The van der Waals surface area contributed by atoms with E-state index in [0.717, 1.165) is 10.6 Å². The van der Waals surface area contributed by atoms with Crippen molar-refractivity contribution in [2.24, 2.45) is 0 Å². The van der Waals surface area contributed by atoms with Gasteiger partial charge in [0, 0.05) is 10.5 Å². The van der Waals surface area contributed by atoms with Gasteiger partial charge in [0.25, 0.3) is 0 Å². The summed E-state index contributed by atoms with van der Waals surface area (Å²) in [5, 5.41) is 2.38. The standard InChI is InChI=1S/C17H18BrFN2O4S/c1-3-25-14-6-4-5-13(10-14)21(26(2,23)24)11-17(22)20-16-8-7-12(18)9-15(16)19/h4-10H,3,11H2,1-2H3,(H,20,22). The van der Waals surface area contributed by atoms with E-state index in [1.54, 1.807) is 31.2 Å². The highest BCUT2D eigenvalue weighted by Crippen LogP contribution is 2.24. The average molecular weight is 445 g/mol. The second-order valence-electron chi connectivity index (χ2n) is 5.37. The summed E-state index contributed by atoms with van der Waals surface area (Å²) in [7, 11) is -3.74. The molecule has 26 heavy (non-hydrogen) atoms. The molecule has 0 spiro atoms. The summed E-state index contributed by atoms with van der Waals surface area (Å²) in [6.45, 7) is 1.73. The molecule has 0 atom stereocenters. The van der Waals surface area contributed by atoms with E-state index in [0.29, 0.717) is 16.8 Å². The molecule has 0 radical (unpaired) electrons. The van der Waals surface area contributed by atoms with Crippen molar-refractivity contribution in [3.8, 4) is 5.75 Å². The SMILES string of the molecule is CCOc1cccc(N(CC(=O)Nc2ccc(Br)cc2F)S(C)(=O)=O)c1. The Hall–Kier alpha value is -2.13. The molecule has 0 unspecified atom stereocenters. The molecule has 6 nitrogen and oxygen atoms in total. The maximum atomic E-state index is 13.8. The van der Waals surface area contributed by atoms with Crippen molar-refractivity contribution in [2.45, 2.75) is 6.92 Å². The maximum Gasteiger partial charge on any atom is 0.245 e. The number of nitrogens with one attached hydrogen (secondary N) is 1. The molecule has 0 aromatic heterocycles. The molecule has 0 aliphatic heterocycles. The number of hydrogen-bond acceptors (Lipinski definition) is 4. The number of ether oxygens (including phenoxy) is 1. The molecule has 0 saturated heterocycles. The number of amides is 1. The van der Waals surface area contributed by atoms with Gasteiger partial charge in [-0.1, -0.05) is 22.0 Å². The Morgan fingerprint density at radius 3 is 2.62 bits per heavy atom. The minimum absolute atomic E-state index is 0.0327. The molecular formula is C17H18BrFN2O4S. The number of anilines is 2. The van der Waals surface area contributed by atoms with Crippen LogP contribution < -0.4 is 14.4 Å². The lowest BCUT2D eigenvalue weighted by Gasteiger charge is -2.22. The molecule has 0 aliphatic carbocycles. The summed E-state index contributed by atoms with van der Waals surface area (Å²) in [6, 6.07) is 10.6. The first-order valence-electron chi connectivity index (χ1n) is 7.66. The van der Waals surface area contributed by atoms with Gasteiger partial charge in [-0.15, -0.1) is 0 Å². The highest BCUT2D eigenvalue weighted by molar-refractivity contribution is 9.10. The third-order valence-corrected chi connectivity index (χ3v) is 4.94. The third-order valence-electron chi connectivity index (χ3n) is 3.31. The van der Waals surface area contributed by atoms with Crippen molar-refractivity contribution in [1.29, 1.82) is 0 Å². The molecule has 0 aliphatic rings. The molecule has 2 aromatic carbocycles. The lowest BCUT2D eigenvalue weighted by atomic mass is 10.3. The summed E-state index contributed by atoms with van der Waals surface area (Å²) >= 11 is 3.13. The van der Waals surface area contributed by atoms with Crippen LogP contribution in [0, 0.1) is 5.82 Å². The molecule has 0 fully saturated rings. The van der Waals surface area contributed by atoms with E-state index < -0.39 is 28.3 Å². The first kappa shape index (κ1) is 20.2. The smallest absolute Gasteiger partial charge is 0.245 e. The number of carbonyl (C=O) groups is 1. The van der Waals surface area contributed by atoms with E-state index in [4.69, 9.17) is 4.74 Å². The predicted octanol–water partition coefficient (Wildman–Crippen LogP) is 3.39. The van der Waals surface area contributed by atoms with E-state index in [9.17, 15) is 17.6 Å². The maximum absolute atomic E-state index is 13.8. The van der Waals surface area contributed by atoms with Crippen LogP contribution in [0.3, 0.4) is 0 Å². The van der Waals surface area contributed by atoms with Crippen molar-refractivity contribution < 1.29 is 22.3 Å². The zero-order valence-corrected chi connectivity index (χ0v) is 16.6. The van der Waals surface area contributed by atoms with Gasteiger partial charge in [-0.25, -0.2) is 12.8 Å². The molecule has 1 amide bonds. The van der Waals surface area contributed by atoms with Crippen LogP contribution in [0.5, 0.6) is 5.75 Å². The summed E-state index contributed by atoms with van der Waals surface area (Å²) in [6.07, 6.45) is 0.994. The molecule has 0 saturated carbocycles. The second kappa shape index (κ2) is 8.50. The van der Waals surface area contributed by atoms with E-state index in [2.05, 4.69) is 21.2 Å². The van der Waals surface area contributed by atoms with Crippen LogP contribution in [0.2, 0.25) is 0 Å². The number of nitrogens with zero attached hydrogens (tertiary/aromatic N) is 1. The van der Waals surface area contributed by atoms with E-state index in [-0.39, 0.29) is 11.4 Å². The van der Waals surface area contributed by atoms with Crippen LogP contribution in [0.4, 0.5) is 15.8 Å². The van der Waals surface area contributed by atoms with Crippen molar-refractivity contribution in [2.75, 3.05) is 29.0 Å². The van der Waals surface area contributed by atoms with Crippen molar-refractivity contribution in [3.63, 3.8) is 0 Å². The van der Waals surface area contributed by atoms with Gasteiger partial charge in [0.1, 0.15) is 18.1 Å². The van der Waals surface area contributed by atoms with E-state index in [1.807, 2.05) is 0 Å². The van der Waals surface area contributed by atoms with Gasteiger partial charge in [-0.05, 0) is 37.3 Å². The molecule has 1 N–H and O–H groups in total. The summed E-state index contributed by atoms with van der Waals surface area (Å²) < 4.78 is 44.9. The molecular weight excluding hydrogens is 427 g/mol. The fourth-order valence-electron chi connectivity index (χ4n) is 2.21. The Labute approximate surface area is 160 Å². The Morgan fingerprint density at radius 2 is 2.00 bits per heavy atom. The zero-order chi connectivity index (χ0) is 19.3. The van der Waals surface area contributed by atoms with Gasteiger partial charge in [-0.3, -0.25) is 9.10 Å². The molecule has 9 heteroatoms. The summed E-state index contributed by atoms with van der Waals surface area (Å²) in [4.78, 5) is 12.3. The minimum Gasteiger partial charge on any atom is -0.494 e. The first-order chi connectivity index (χ1) is 12.2. The Bertz CT molecular complexity index is 905. The fraction of sp³-hybridized carbons (Fsp3) is 0.235. The Kier molecular flexibility index (Phi) is 6.60. The first-order valence-corrected chi connectivity index (χ1v) is 10.3. The monoisotopic (exact) mass is 444 g/mol. The fourth-order valence-corrected chi connectivity index (χ4v) is 3.39. The quantitative estimate of drug-likeness (QED) is 0.709. The highest BCUT2D eigenvalue weighted by Gasteiger charge is 2.22. The molecule has 140 valence electrons. The molecule has 2 aromatic rings. The number of benzene rings is 2. The largest absolute Gasteiger partial charge is 0.494 e. The van der Waals surface area contributed by atoms with Gasteiger partial charge in [0.15, 0.2) is 0 Å². The predicted molar refractivity (Wildman–Crippen MR) is 103 cm³/mol. The van der Waals surface area contributed by atoms with E-state index >= 15 is 0 Å². The Balaban J connectivity index is 2.23. The topological polar surface area (TPSA) is 75.7 Å². The third kappa shape index (κ3) is 5.43. The van der Waals surface area contributed by atoms with Gasteiger partial charge < -0.3 is 10.1 Å². The van der Waals surface area contributed by atoms with Crippen molar-refractivity contribution >= 4 is 43.2 Å².